The van der Waals surface area contributed by atoms with Gasteiger partial charge in [-0.3, -0.25) is 0 Å². The van der Waals surface area contributed by atoms with Crippen molar-refractivity contribution in [2.45, 2.75) is 26.8 Å². The van der Waals surface area contributed by atoms with Gasteiger partial charge in [-0.2, -0.15) is 11.8 Å². The van der Waals surface area contributed by atoms with E-state index in [9.17, 15) is 0 Å². The summed E-state index contributed by atoms with van der Waals surface area (Å²) in [5.74, 6) is 2.04. The van der Waals surface area contributed by atoms with Crippen LogP contribution in [0.4, 0.5) is 0 Å². The van der Waals surface area contributed by atoms with E-state index in [2.05, 4.69) is 50.5 Å². The number of nitrogens with one attached hydrogen (secondary N) is 1. The Bertz CT molecular complexity index is 341. The molecule has 2 nitrogen and oxygen atoms in total. The zero-order chi connectivity index (χ0) is 12.7. The van der Waals surface area contributed by atoms with Crippen LogP contribution in [0.3, 0.4) is 0 Å². The lowest BCUT2D eigenvalue weighted by molar-refractivity contribution is 0.336. The summed E-state index contributed by atoms with van der Waals surface area (Å²) in [7, 11) is 0. The van der Waals surface area contributed by atoms with Crippen LogP contribution in [0.1, 0.15) is 31.0 Å². The largest absolute Gasteiger partial charge is 0.492 e. The number of aryl methyl sites for hydroxylation is 1. The molecule has 0 aliphatic carbocycles. The van der Waals surface area contributed by atoms with E-state index in [-0.39, 0.29) is 0 Å². The van der Waals surface area contributed by atoms with E-state index in [4.69, 9.17) is 4.74 Å². The van der Waals surface area contributed by atoms with Crippen LogP contribution in [-0.4, -0.2) is 25.2 Å². The topological polar surface area (TPSA) is 21.3 Å². The van der Waals surface area contributed by atoms with Gasteiger partial charge in [0.1, 0.15) is 5.75 Å². The molecule has 0 spiro atoms. The van der Waals surface area contributed by atoms with Crippen LogP contribution in [0, 0.1) is 6.92 Å². The summed E-state index contributed by atoms with van der Waals surface area (Å²) in [5.41, 5.74) is 2.54. The first-order valence-corrected chi connectivity index (χ1v) is 7.54. The Labute approximate surface area is 109 Å². The van der Waals surface area contributed by atoms with E-state index in [1.54, 1.807) is 0 Å². The number of thioether (sulfide) groups is 1. The molecule has 1 rings (SSSR count). The van der Waals surface area contributed by atoms with Crippen LogP contribution in [0.25, 0.3) is 0 Å². The SMILES string of the molecule is CCNC(C)c1cc(C)ccc1OCCSC. The van der Waals surface area contributed by atoms with Gasteiger partial charge in [0, 0.05) is 17.4 Å². The van der Waals surface area contributed by atoms with Crippen molar-refractivity contribution in [3.8, 4) is 5.75 Å². The van der Waals surface area contributed by atoms with Crippen LogP contribution in [0.5, 0.6) is 5.75 Å². The third-order valence-corrected chi connectivity index (χ3v) is 3.26. The normalized spacial score (nSPS) is 12.5. The van der Waals surface area contributed by atoms with E-state index >= 15 is 0 Å². The van der Waals surface area contributed by atoms with E-state index in [1.165, 1.54) is 11.1 Å². The van der Waals surface area contributed by atoms with Crippen molar-refractivity contribution >= 4 is 11.8 Å². The fourth-order valence-corrected chi connectivity index (χ4v) is 2.04. The molecule has 0 aliphatic rings. The van der Waals surface area contributed by atoms with Gasteiger partial charge in [0.05, 0.1) is 6.61 Å². The predicted octanol–water partition coefficient (Wildman–Crippen LogP) is 3.41. The molecule has 1 N–H and O–H groups in total. The Morgan fingerprint density at radius 1 is 1.41 bits per heavy atom. The highest BCUT2D eigenvalue weighted by Gasteiger charge is 2.10. The number of benzene rings is 1. The minimum absolute atomic E-state index is 0.337. The van der Waals surface area contributed by atoms with Crippen molar-refractivity contribution in [3.05, 3.63) is 29.3 Å². The average molecular weight is 253 g/mol. The lowest BCUT2D eigenvalue weighted by Crippen LogP contribution is -2.19. The fraction of sp³-hybridized carbons (Fsp3) is 0.571. The number of hydrogen-bond acceptors (Lipinski definition) is 3. The Balaban J connectivity index is 2.79. The van der Waals surface area contributed by atoms with Gasteiger partial charge in [0.15, 0.2) is 0 Å². The maximum atomic E-state index is 5.84. The number of rotatable bonds is 7. The molecule has 0 amide bonds. The molecule has 0 radical (unpaired) electrons. The summed E-state index contributed by atoms with van der Waals surface area (Å²) in [6.07, 6.45) is 2.10. The lowest BCUT2D eigenvalue weighted by Gasteiger charge is -2.18. The summed E-state index contributed by atoms with van der Waals surface area (Å²) >= 11 is 1.81. The highest BCUT2D eigenvalue weighted by atomic mass is 32.2. The van der Waals surface area contributed by atoms with Crippen LogP contribution >= 0.6 is 11.8 Å². The maximum Gasteiger partial charge on any atom is 0.124 e. The van der Waals surface area contributed by atoms with Crippen molar-refractivity contribution in [1.29, 1.82) is 0 Å². The van der Waals surface area contributed by atoms with Crippen molar-refractivity contribution in [2.24, 2.45) is 0 Å². The Morgan fingerprint density at radius 2 is 2.18 bits per heavy atom. The van der Waals surface area contributed by atoms with Gasteiger partial charge >= 0.3 is 0 Å². The smallest absolute Gasteiger partial charge is 0.124 e. The van der Waals surface area contributed by atoms with E-state index in [1.807, 2.05) is 11.8 Å². The summed E-state index contributed by atoms with van der Waals surface area (Å²) < 4.78 is 5.84. The molecule has 0 aliphatic heterocycles. The van der Waals surface area contributed by atoms with Crippen LogP contribution in [0.15, 0.2) is 18.2 Å². The minimum atomic E-state index is 0.337. The van der Waals surface area contributed by atoms with Gasteiger partial charge < -0.3 is 10.1 Å². The second kappa shape index (κ2) is 7.62. The van der Waals surface area contributed by atoms with Crippen molar-refractivity contribution < 1.29 is 4.74 Å². The molecular formula is C14H23NOS. The molecule has 0 saturated heterocycles. The zero-order valence-electron chi connectivity index (χ0n) is 11.2. The van der Waals surface area contributed by atoms with Crippen molar-refractivity contribution in [3.63, 3.8) is 0 Å². The summed E-state index contributed by atoms with van der Waals surface area (Å²) in [5, 5.41) is 3.43. The molecule has 1 atom stereocenters. The predicted molar refractivity (Wildman–Crippen MR) is 77.1 cm³/mol. The molecule has 3 heteroatoms. The molecular weight excluding hydrogens is 230 g/mol. The molecule has 0 aromatic heterocycles. The number of hydrogen-bond donors (Lipinski definition) is 1. The molecule has 1 unspecified atom stereocenters. The Hall–Kier alpha value is -0.670. The zero-order valence-corrected chi connectivity index (χ0v) is 12.1. The average Bonchev–Trinajstić information content (AvgIpc) is 2.31. The number of ether oxygens (including phenoxy) is 1. The third kappa shape index (κ3) is 4.60. The monoisotopic (exact) mass is 253 g/mol. The van der Waals surface area contributed by atoms with Crippen LogP contribution < -0.4 is 10.1 Å². The molecule has 0 heterocycles. The summed E-state index contributed by atoms with van der Waals surface area (Å²) in [4.78, 5) is 0. The van der Waals surface area contributed by atoms with Crippen molar-refractivity contribution in [1.82, 2.24) is 5.32 Å². The molecule has 96 valence electrons. The summed E-state index contributed by atoms with van der Waals surface area (Å²) in [6.45, 7) is 8.17. The van der Waals surface area contributed by atoms with Crippen molar-refractivity contribution in [2.75, 3.05) is 25.2 Å². The molecule has 0 fully saturated rings. The molecule has 0 saturated carbocycles. The molecule has 17 heavy (non-hydrogen) atoms. The van der Waals surface area contributed by atoms with Crippen LogP contribution in [-0.2, 0) is 0 Å². The quantitative estimate of drug-likeness (QED) is 0.752. The van der Waals surface area contributed by atoms with E-state index in [0.29, 0.717) is 6.04 Å². The Morgan fingerprint density at radius 3 is 2.82 bits per heavy atom. The minimum Gasteiger partial charge on any atom is -0.492 e. The second-order valence-electron chi connectivity index (χ2n) is 4.16. The third-order valence-electron chi connectivity index (χ3n) is 2.69. The van der Waals surface area contributed by atoms with E-state index in [0.717, 1.165) is 24.7 Å². The summed E-state index contributed by atoms with van der Waals surface area (Å²) in [6, 6.07) is 6.74. The second-order valence-corrected chi connectivity index (χ2v) is 5.15. The molecule has 1 aromatic carbocycles. The first-order valence-electron chi connectivity index (χ1n) is 6.14. The lowest BCUT2D eigenvalue weighted by atomic mass is 10.0. The van der Waals surface area contributed by atoms with Gasteiger partial charge in [-0.1, -0.05) is 24.6 Å². The standard InChI is InChI=1S/C14H23NOS/c1-5-15-12(3)13-10-11(2)6-7-14(13)16-8-9-17-4/h6-7,10,12,15H,5,8-9H2,1-4H3. The maximum absolute atomic E-state index is 5.84. The first kappa shape index (κ1) is 14.4. The Kier molecular flexibility index (Phi) is 6.45. The van der Waals surface area contributed by atoms with Gasteiger partial charge in [-0.05, 0) is 32.7 Å². The highest BCUT2D eigenvalue weighted by Crippen LogP contribution is 2.26. The molecule has 1 aromatic rings. The van der Waals surface area contributed by atoms with Gasteiger partial charge in [0.25, 0.3) is 0 Å². The molecule has 0 bridgehead atoms. The van der Waals surface area contributed by atoms with Crippen LogP contribution in [0.2, 0.25) is 0 Å². The first-order chi connectivity index (χ1) is 8.19. The van der Waals surface area contributed by atoms with E-state index < -0.39 is 0 Å². The fourth-order valence-electron chi connectivity index (χ4n) is 1.79. The van der Waals surface area contributed by atoms with Gasteiger partial charge in [0.2, 0.25) is 0 Å². The van der Waals surface area contributed by atoms with Gasteiger partial charge in [-0.15, -0.1) is 0 Å². The highest BCUT2D eigenvalue weighted by molar-refractivity contribution is 7.98. The van der Waals surface area contributed by atoms with Gasteiger partial charge in [-0.25, -0.2) is 0 Å².